The van der Waals surface area contributed by atoms with Crippen LogP contribution >= 0.6 is 23.2 Å². The largest absolute Gasteiger partial charge is 0.416 e. The second-order valence-electron chi connectivity index (χ2n) is 5.37. The maximum Gasteiger partial charge on any atom is 0.416 e. The number of nitro benzene ring substituents is 3. The third kappa shape index (κ3) is 4.23. The molecule has 0 aliphatic heterocycles. The minimum Gasteiger partial charge on any atom is -0.278 e. The van der Waals surface area contributed by atoms with Gasteiger partial charge in [0, 0.05) is 24.3 Å². The average molecular weight is 469 g/mol. The van der Waals surface area contributed by atoms with Crippen molar-refractivity contribution in [3.05, 3.63) is 70.2 Å². The molecule has 30 heavy (non-hydrogen) atoms. The van der Waals surface area contributed by atoms with Gasteiger partial charge in [-0.05, 0) is 0 Å². The van der Waals surface area contributed by atoms with Crippen LogP contribution in [0.25, 0.3) is 0 Å². The third-order valence-corrected chi connectivity index (χ3v) is 4.17. The summed E-state index contributed by atoms with van der Waals surface area (Å²) >= 11 is 11.7. The average Bonchev–Trinajstić information content (AvgIpc) is 2.62. The van der Waals surface area contributed by atoms with E-state index in [2.05, 4.69) is 0 Å². The Morgan fingerprint density at radius 2 is 1.27 bits per heavy atom. The Morgan fingerprint density at radius 3 is 1.57 bits per heavy atom. The summed E-state index contributed by atoms with van der Waals surface area (Å²) in [5.74, 6) is 0. The molecular formula is C14H5Cl2F3N4O7. The second-order valence-corrected chi connectivity index (χ2v) is 6.18. The Hall–Kier alpha value is -3.52. The van der Waals surface area contributed by atoms with Crippen molar-refractivity contribution in [3.63, 3.8) is 0 Å². The maximum absolute atomic E-state index is 13.0. The lowest BCUT2D eigenvalue weighted by atomic mass is 10.1. The van der Waals surface area contributed by atoms with E-state index in [1.165, 1.54) is 0 Å². The molecule has 0 fully saturated rings. The summed E-state index contributed by atoms with van der Waals surface area (Å²) in [6, 6.07) is 1.38. The third-order valence-electron chi connectivity index (χ3n) is 3.59. The number of carbonyl (C=O) groups is 1. The Kier molecular flexibility index (Phi) is 6.13. The smallest absolute Gasteiger partial charge is 0.278 e. The van der Waals surface area contributed by atoms with Gasteiger partial charge in [0.15, 0.2) is 0 Å². The molecule has 0 unspecified atom stereocenters. The van der Waals surface area contributed by atoms with Gasteiger partial charge in [-0.25, -0.2) is 0 Å². The Labute approximate surface area is 172 Å². The van der Waals surface area contributed by atoms with Gasteiger partial charge in [0.1, 0.15) is 0 Å². The Bertz CT molecular complexity index is 1040. The van der Waals surface area contributed by atoms with E-state index in [-0.39, 0.29) is 23.4 Å². The van der Waals surface area contributed by atoms with Gasteiger partial charge >= 0.3 is 17.6 Å². The molecule has 0 bridgehead atoms. The summed E-state index contributed by atoms with van der Waals surface area (Å²) in [6.45, 7) is 0. The molecule has 16 heteroatoms. The van der Waals surface area contributed by atoms with Crippen LogP contribution in [0.15, 0.2) is 24.3 Å². The van der Waals surface area contributed by atoms with Crippen molar-refractivity contribution in [3.8, 4) is 0 Å². The van der Waals surface area contributed by atoms with Gasteiger partial charge in [0.2, 0.25) is 12.1 Å². The molecule has 11 nitrogen and oxygen atoms in total. The van der Waals surface area contributed by atoms with Crippen molar-refractivity contribution < 1.29 is 32.7 Å². The number of amides is 1. The number of hydrogen-bond acceptors (Lipinski definition) is 7. The second kappa shape index (κ2) is 8.08. The highest BCUT2D eigenvalue weighted by molar-refractivity contribution is 6.40. The van der Waals surface area contributed by atoms with Gasteiger partial charge in [-0.1, -0.05) is 23.2 Å². The van der Waals surface area contributed by atoms with Crippen LogP contribution in [-0.2, 0) is 11.0 Å². The fourth-order valence-electron chi connectivity index (χ4n) is 2.40. The molecule has 0 saturated heterocycles. The molecule has 0 saturated carbocycles. The summed E-state index contributed by atoms with van der Waals surface area (Å²) in [5.41, 5.74) is -7.08. The number of non-ortho nitro benzene ring substituents is 1. The van der Waals surface area contributed by atoms with Gasteiger partial charge in [-0.2, -0.15) is 13.2 Å². The predicted molar refractivity (Wildman–Crippen MR) is 96.1 cm³/mol. The summed E-state index contributed by atoms with van der Waals surface area (Å²) in [4.78, 5) is 41.8. The van der Waals surface area contributed by atoms with Gasteiger partial charge in [-0.15, -0.1) is 0 Å². The first-order valence-corrected chi connectivity index (χ1v) is 7.97. The van der Waals surface area contributed by atoms with Crippen LogP contribution in [0.2, 0.25) is 10.0 Å². The highest BCUT2D eigenvalue weighted by atomic mass is 35.5. The lowest BCUT2D eigenvalue weighted by Gasteiger charge is -2.20. The van der Waals surface area contributed by atoms with Crippen molar-refractivity contribution >= 4 is 58.0 Å². The van der Waals surface area contributed by atoms with Crippen molar-refractivity contribution in [1.29, 1.82) is 0 Å². The van der Waals surface area contributed by atoms with Crippen molar-refractivity contribution in [2.75, 3.05) is 4.90 Å². The molecule has 2 rings (SSSR count). The topological polar surface area (TPSA) is 150 Å². The lowest BCUT2D eigenvalue weighted by Crippen LogP contribution is -2.19. The number of hydrogen-bond donors (Lipinski definition) is 0. The highest BCUT2D eigenvalue weighted by Gasteiger charge is 2.40. The van der Waals surface area contributed by atoms with Crippen molar-refractivity contribution in [2.45, 2.75) is 6.18 Å². The zero-order valence-electron chi connectivity index (χ0n) is 13.9. The van der Waals surface area contributed by atoms with Crippen LogP contribution in [-0.4, -0.2) is 21.2 Å². The molecule has 0 aromatic heterocycles. The minimum absolute atomic E-state index is 0.00790. The van der Waals surface area contributed by atoms with Crippen LogP contribution in [0.1, 0.15) is 5.56 Å². The standard InChI is InChI=1S/C14H5Cl2F3N4O7/c15-8-3-7(21(25)26)4-9(16)12(8)20(5-24)13-10(22(27)28)1-6(14(17,18)19)2-11(13)23(29)30/h1-5H. The summed E-state index contributed by atoms with van der Waals surface area (Å²) < 4.78 is 39.1. The van der Waals surface area contributed by atoms with Gasteiger partial charge < -0.3 is 0 Å². The molecule has 0 heterocycles. The summed E-state index contributed by atoms with van der Waals surface area (Å²) in [5, 5.41) is 32.3. The Morgan fingerprint density at radius 1 is 0.833 bits per heavy atom. The number of nitro groups is 3. The van der Waals surface area contributed by atoms with E-state index in [4.69, 9.17) is 23.2 Å². The van der Waals surface area contributed by atoms with Crippen LogP contribution in [0.3, 0.4) is 0 Å². The first kappa shape index (κ1) is 22.8. The van der Waals surface area contributed by atoms with E-state index >= 15 is 0 Å². The molecule has 2 aromatic rings. The van der Waals surface area contributed by atoms with Crippen LogP contribution < -0.4 is 4.90 Å². The quantitative estimate of drug-likeness (QED) is 0.327. The molecule has 2 aromatic carbocycles. The number of alkyl halides is 3. The number of anilines is 2. The SMILES string of the molecule is O=CN(c1c(Cl)cc([N+](=O)[O-])cc1Cl)c1c([N+](=O)[O-])cc(C(F)(F)F)cc1[N+](=O)[O-]. The van der Waals surface area contributed by atoms with Crippen LogP contribution in [0.5, 0.6) is 0 Å². The zero-order chi connectivity index (χ0) is 23.0. The van der Waals surface area contributed by atoms with E-state index in [0.29, 0.717) is 12.1 Å². The van der Waals surface area contributed by atoms with E-state index in [1.54, 1.807) is 0 Å². The van der Waals surface area contributed by atoms with Crippen LogP contribution in [0.4, 0.5) is 41.6 Å². The van der Waals surface area contributed by atoms with Gasteiger partial charge in [-0.3, -0.25) is 40.0 Å². The van der Waals surface area contributed by atoms with E-state index in [9.17, 15) is 48.3 Å². The molecule has 0 radical (unpaired) electrons. The molecular weight excluding hydrogens is 464 g/mol. The lowest BCUT2D eigenvalue weighted by molar-refractivity contribution is -0.392. The minimum atomic E-state index is -5.18. The van der Waals surface area contributed by atoms with Crippen molar-refractivity contribution in [2.24, 2.45) is 0 Å². The zero-order valence-corrected chi connectivity index (χ0v) is 15.4. The fraction of sp³-hybridized carbons (Fsp3) is 0.0714. The highest BCUT2D eigenvalue weighted by Crippen LogP contribution is 2.48. The molecule has 0 aliphatic rings. The van der Waals surface area contributed by atoms with E-state index in [1.807, 2.05) is 0 Å². The molecule has 158 valence electrons. The first-order valence-electron chi connectivity index (χ1n) is 7.21. The van der Waals surface area contributed by atoms with Gasteiger partial charge in [0.05, 0.1) is 36.1 Å². The Balaban J connectivity index is 2.93. The first-order chi connectivity index (χ1) is 13.8. The summed E-state index contributed by atoms with van der Waals surface area (Å²) in [7, 11) is 0. The molecule has 0 spiro atoms. The molecule has 0 atom stereocenters. The molecule has 1 amide bonds. The maximum atomic E-state index is 13.0. The van der Waals surface area contributed by atoms with Crippen LogP contribution in [0, 0.1) is 30.3 Å². The predicted octanol–water partition coefficient (Wildman–Crippen LogP) is 5.03. The number of rotatable bonds is 6. The van der Waals surface area contributed by atoms with Crippen molar-refractivity contribution in [1.82, 2.24) is 0 Å². The molecule has 0 N–H and O–H groups in total. The number of halogens is 5. The molecule has 0 aliphatic carbocycles. The normalized spacial score (nSPS) is 11.1. The summed E-state index contributed by atoms with van der Waals surface area (Å²) in [6.07, 6.45) is -5.40. The fourth-order valence-corrected chi connectivity index (χ4v) is 3.06. The number of nitrogens with zero attached hydrogens (tertiary/aromatic N) is 4. The number of benzene rings is 2. The van der Waals surface area contributed by atoms with Gasteiger partial charge in [0.25, 0.3) is 5.69 Å². The number of carbonyl (C=O) groups excluding carboxylic acids is 1. The van der Waals surface area contributed by atoms with E-state index in [0.717, 1.165) is 0 Å². The monoisotopic (exact) mass is 468 g/mol. The van der Waals surface area contributed by atoms with E-state index < -0.39 is 65.0 Å².